The second-order valence-corrected chi connectivity index (χ2v) is 7.34. The van der Waals surface area contributed by atoms with Crippen LogP contribution in [0.3, 0.4) is 0 Å². The molecule has 0 aromatic rings. The van der Waals surface area contributed by atoms with Crippen molar-refractivity contribution in [2.24, 2.45) is 0 Å². The summed E-state index contributed by atoms with van der Waals surface area (Å²) >= 11 is 0. The van der Waals surface area contributed by atoms with Crippen molar-refractivity contribution >= 4 is 8.80 Å². The molecule has 0 aromatic carbocycles. The maximum absolute atomic E-state index is 5.39. The first-order valence-corrected chi connectivity index (χ1v) is 8.49. The summed E-state index contributed by atoms with van der Waals surface area (Å²) in [5, 5.41) is 0. The molecule has 0 heterocycles. The van der Waals surface area contributed by atoms with Gasteiger partial charge in [-0.25, -0.2) is 0 Å². The van der Waals surface area contributed by atoms with Gasteiger partial charge in [-0.15, -0.1) is 0 Å². The van der Waals surface area contributed by atoms with E-state index in [0.717, 1.165) is 45.2 Å². The topological polar surface area (TPSA) is 40.2 Å². The molecule has 0 aromatic heterocycles. The smallest absolute Gasteiger partial charge is 0.382 e. The van der Waals surface area contributed by atoms with Crippen LogP contribution < -0.4 is 0 Å². The van der Waals surface area contributed by atoms with Gasteiger partial charge in [-0.2, -0.15) is 0 Å². The lowest BCUT2D eigenvalue weighted by Crippen LogP contribution is -2.43. The van der Waals surface area contributed by atoms with Gasteiger partial charge >= 0.3 is 8.80 Å². The Morgan fingerprint density at radius 3 is 2.00 bits per heavy atom. The molecule has 0 amide bonds. The zero-order valence-electron chi connectivity index (χ0n) is 12.5. The Hall–Kier alpha value is 0.0169. The van der Waals surface area contributed by atoms with E-state index in [1.165, 1.54) is 0 Å². The molecule has 0 radical (unpaired) electrons. The fourth-order valence-electron chi connectivity index (χ4n) is 1.81. The molecule has 0 saturated heterocycles. The highest BCUT2D eigenvalue weighted by Gasteiger charge is 2.36. The van der Waals surface area contributed by atoms with Crippen LogP contribution >= 0.6 is 0 Å². The van der Waals surface area contributed by atoms with Crippen LogP contribution in [0, 0.1) is 0 Å². The van der Waals surface area contributed by atoms with Crippen molar-refractivity contribution in [2.45, 2.75) is 25.8 Å². The van der Waals surface area contributed by atoms with Crippen molar-refractivity contribution < 1.29 is 18.0 Å². The molecule has 0 N–H and O–H groups in total. The van der Waals surface area contributed by atoms with E-state index in [1.807, 2.05) is 6.92 Å². The van der Waals surface area contributed by atoms with Crippen LogP contribution in [-0.2, 0) is 18.0 Å². The monoisotopic (exact) mass is 279 g/mol. The number of ether oxygens (including phenoxy) is 1. The predicted molar refractivity (Wildman–Crippen MR) is 74.8 cm³/mol. The van der Waals surface area contributed by atoms with Crippen molar-refractivity contribution in [3.63, 3.8) is 0 Å². The Morgan fingerprint density at radius 2 is 1.50 bits per heavy atom. The van der Waals surface area contributed by atoms with E-state index < -0.39 is 8.80 Å². The third-order valence-corrected chi connectivity index (χ3v) is 5.82. The first kappa shape index (κ1) is 18.0. The van der Waals surface area contributed by atoms with Gasteiger partial charge in [0.1, 0.15) is 0 Å². The molecule has 110 valence electrons. The lowest BCUT2D eigenvalue weighted by atomic mass is 10.4. The van der Waals surface area contributed by atoms with Crippen molar-refractivity contribution in [1.29, 1.82) is 0 Å². The summed E-state index contributed by atoms with van der Waals surface area (Å²) in [4.78, 5) is 2.30. The van der Waals surface area contributed by atoms with Crippen LogP contribution in [0.2, 0.25) is 6.04 Å². The zero-order chi connectivity index (χ0) is 13.9. The van der Waals surface area contributed by atoms with Crippen molar-refractivity contribution in [3.8, 4) is 0 Å². The first-order chi connectivity index (χ1) is 8.64. The van der Waals surface area contributed by atoms with E-state index in [-0.39, 0.29) is 0 Å². The van der Waals surface area contributed by atoms with E-state index in [9.17, 15) is 0 Å². The summed E-state index contributed by atoms with van der Waals surface area (Å²) in [7, 11) is 4.72. The van der Waals surface area contributed by atoms with Gasteiger partial charge in [0.15, 0.2) is 0 Å². The van der Waals surface area contributed by atoms with Gasteiger partial charge in [-0.05, 0) is 33.4 Å². The Balaban J connectivity index is 3.68. The number of hydrogen-bond donors (Lipinski definition) is 0. The molecule has 0 unspecified atom stereocenters. The SMILES string of the molecule is CCOCCCN(C)CCC[Si](OC)(OC)OC. The molecule has 0 aliphatic carbocycles. The standard InChI is InChI=1S/C12H29NO4Si/c1-6-17-11-7-9-13(2)10-8-12-18(14-3,15-4)16-5/h6-12H2,1-5H3. The fraction of sp³-hybridized carbons (Fsp3) is 1.00. The maximum atomic E-state index is 5.39. The Bertz CT molecular complexity index is 183. The largest absolute Gasteiger partial charge is 0.500 e. The van der Waals surface area contributed by atoms with Crippen molar-refractivity contribution in [2.75, 3.05) is 54.7 Å². The molecule has 0 saturated carbocycles. The molecule has 18 heavy (non-hydrogen) atoms. The highest BCUT2D eigenvalue weighted by atomic mass is 28.4. The third-order valence-electron chi connectivity index (χ3n) is 2.99. The average molecular weight is 279 g/mol. The fourth-order valence-corrected chi connectivity index (χ4v) is 3.52. The Kier molecular flexibility index (Phi) is 10.9. The summed E-state index contributed by atoms with van der Waals surface area (Å²) in [5.41, 5.74) is 0. The van der Waals surface area contributed by atoms with E-state index in [2.05, 4.69) is 11.9 Å². The minimum absolute atomic E-state index is 0.799. The van der Waals surface area contributed by atoms with Gasteiger partial charge in [0.25, 0.3) is 0 Å². The summed E-state index contributed by atoms with van der Waals surface area (Å²) < 4.78 is 21.5. The normalized spacial score (nSPS) is 12.3. The Morgan fingerprint density at radius 1 is 0.944 bits per heavy atom. The van der Waals surface area contributed by atoms with Gasteiger partial charge < -0.3 is 22.9 Å². The highest BCUT2D eigenvalue weighted by molar-refractivity contribution is 6.60. The molecule has 0 aliphatic rings. The van der Waals surface area contributed by atoms with Gasteiger partial charge in [-0.1, -0.05) is 0 Å². The lowest BCUT2D eigenvalue weighted by molar-refractivity contribution is 0.120. The second-order valence-electron chi connectivity index (χ2n) is 4.25. The average Bonchev–Trinajstić information content (AvgIpc) is 2.40. The molecule has 6 heteroatoms. The number of nitrogens with zero attached hydrogens (tertiary/aromatic N) is 1. The van der Waals surface area contributed by atoms with E-state index in [0.29, 0.717) is 0 Å². The van der Waals surface area contributed by atoms with Crippen LogP contribution in [0.1, 0.15) is 19.8 Å². The zero-order valence-corrected chi connectivity index (χ0v) is 13.5. The van der Waals surface area contributed by atoms with Gasteiger partial charge in [0, 0.05) is 47.1 Å². The quantitative estimate of drug-likeness (QED) is 0.401. The third kappa shape index (κ3) is 7.45. The van der Waals surface area contributed by atoms with Crippen LogP contribution in [-0.4, -0.2) is 68.4 Å². The summed E-state index contributed by atoms with van der Waals surface area (Å²) in [6.45, 7) is 5.74. The van der Waals surface area contributed by atoms with Crippen molar-refractivity contribution in [3.05, 3.63) is 0 Å². The minimum Gasteiger partial charge on any atom is -0.382 e. The van der Waals surface area contributed by atoms with Crippen LogP contribution in [0.5, 0.6) is 0 Å². The molecule has 0 spiro atoms. The molecule has 0 bridgehead atoms. The summed E-state index contributed by atoms with van der Waals surface area (Å²) in [6, 6.07) is 0.853. The Labute approximate surface area is 113 Å². The van der Waals surface area contributed by atoms with E-state index in [1.54, 1.807) is 21.3 Å². The minimum atomic E-state index is -2.38. The first-order valence-electron chi connectivity index (χ1n) is 6.55. The molecular weight excluding hydrogens is 250 g/mol. The van der Waals surface area contributed by atoms with E-state index >= 15 is 0 Å². The van der Waals surface area contributed by atoms with Gasteiger partial charge in [-0.3, -0.25) is 0 Å². The molecule has 0 fully saturated rings. The maximum Gasteiger partial charge on any atom is 0.500 e. The lowest BCUT2D eigenvalue weighted by Gasteiger charge is -2.25. The molecule has 0 aliphatic heterocycles. The van der Waals surface area contributed by atoms with Crippen LogP contribution in [0.25, 0.3) is 0 Å². The molecule has 0 atom stereocenters. The van der Waals surface area contributed by atoms with Crippen LogP contribution in [0.4, 0.5) is 0 Å². The number of rotatable bonds is 12. The second kappa shape index (κ2) is 10.9. The van der Waals surface area contributed by atoms with Crippen molar-refractivity contribution in [1.82, 2.24) is 4.90 Å². The van der Waals surface area contributed by atoms with Gasteiger partial charge in [0.2, 0.25) is 0 Å². The van der Waals surface area contributed by atoms with Crippen LogP contribution in [0.15, 0.2) is 0 Å². The number of hydrogen-bond acceptors (Lipinski definition) is 5. The summed E-state index contributed by atoms with van der Waals surface area (Å²) in [5.74, 6) is 0. The summed E-state index contributed by atoms with van der Waals surface area (Å²) in [6.07, 6.45) is 2.10. The predicted octanol–water partition coefficient (Wildman–Crippen LogP) is 1.61. The highest BCUT2D eigenvalue weighted by Crippen LogP contribution is 2.15. The van der Waals surface area contributed by atoms with Gasteiger partial charge in [0.05, 0.1) is 0 Å². The molecule has 0 rings (SSSR count). The van der Waals surface area contributed by atoms with E-state index in [4.69, 9.17) is 18.0 Å². The molecular formula is C12H29NO4Si. The molecule has 5 nitrogen and oxygen atoms in total.